The number of ketones is 1. The number of Topliss-reactive ketones (excluding diaryl/α,β-unsaturated/α-hetero) is 1. The van der Waals surface area contributed by atoms with Gasteiger partial charge in [-0.2, -0.15) is 4.72 Å². The molecule has 1 amide bonds. The van der Waals surface area contributed by atoms with Gasteiger partial charge in [0.15, 0.2) is 5.78 Å². The molecule has 7 nitrogen and oxygen atoms in total. The van der Waals surface area contributed by atoms with Crippen LogP contribution in [0.4, 0.5) is 5.69 Å². The van der Waals surface area contributed by atoms with E-state index in [9.17, 15) is 18.0 Å². The van der Waals surface area contributed by atoms with Crippen LogP contribution in [0.3, 0.4) is 0 Å². The first-order chi connectivity index (χ1) is 14.5. The van der Waals surface area contributed by atoms with E-state index in [-0.39, 0.29) is 16.6 Å². The Bertz CT molecular complexity index is 1220. The van der Waals surface area contributed by atoms with E-state index in [0.29, 0.717) is 17.7 Å². The van der Waals surface area contributed by atoms with E-state index in [1.54, 1.807) is 36.4 Å². The molecule has 3 rings (SSSR count). The third-order valence-electron chi connectivity index (χ3n) is 4.66. The molecule has 164 valence electrons. The first-order valence-electron chi connectivity index (χ1n) is 9.86. The number of thiazole rings is 1. The monoisotopic (exact) mass is 459 g/mol. The summed E-state index contributed by atoms with van der Waals surface area (Å²) < 4.78 is 29.3. The van der Waals surface area contributed by atoms with Crippen LogP contribution >= 0.6 is 11.3 Å². The zero-order valence-corrected chi connectivity index (χ0v) is 19.4. The molecule has 0 radical (unpaired) electrons. The zero-order valence-electron chi connectivity index (χ0n) is 17.8. The van der Waals surface area contributed by atoms with Crippen LogP contribution in [-0.4, -0.2) is 31.1 Å². The van der Waals surface area contributed by atoms with Gasteiger partial charge in [-0.1, -0.05) is 13.8 Å². The predicted octanol–water partition coefficient (Wildman–Crippen LogP) is 4.14. The molecule has 0 aliphatic heterocycles. The van der Waals surface area contributed by atoms with E-state index in [4.69, 9.17) is 0 Å². The van der Waals surface area contributed by atoms with Crippen molar-refractivity contribution in [1.82, 2.24) is 9.71 Å². The Labute approximate surface area is 185 Å². The van der Waals surface area contributed by atoms with Gasteiger partial charge in [-0.15, -0.1) is 11.3 Å². The summed E-state index contributed by atoms with van der Waals surface area (Å²) in [5.41, 5.74) is 1.77. The molecule has 2 N–H and O–H groups in total. The maximum atomic E-state index is 13.0. The molecule has 0 saturated heterocycles. The van der Waals surface area contributed by atoms with Gasteiger partial charge in [0.25, 0.3) is 0 Å². The molecule has 3 aromatic rings. The molecule has 31 heavy (non-hydrogen) atoms. The molecule has 1 atom stereocenters. The van der Waals surface area contributed by atoms with Crippen molar-refractivity contribution < 1.29 is 18.0 Å². The molecule has 0 unspecified atom stereocenters. The molecule has 2 aromatic carbocycles. The van der Waals surface area contributed by atoms with Crippen molar-refractivity contribution in [3.05, 3.63) is 53.0 Å². The number of aryl methyl sites for hydroxylation is 1. The number of nitrogens with zero attached hydrogens (tertiary/aromatic N) is 1. The van der Waals surface area contributed by atoms with Crippen molar-refractivity contribution in [3.8, 4) is 0 Å². The number of anilines is 1. The van der Waals surface area contributed by atoms with Crippen LogP contribution in [0.15, 0.2) is 47.4 Å². The lowest BCUT2D eigenvalue weighted by Crippen LogP contribution is -2.44. The fourth-order valence-corrected chi connectivity index (χ4v) is 5.32. The van der Waals surface area contributed by atoms with Crippen LogP contribution in [0.25, 0.3) is 10.2 Å². The summed E-state index contributed by atoms with van der Waals surface area (Å²) in [7, 11) is -3.92. The Morgan fingerprint density at radius 2 is 1.77 bits per heavy atom. The first-order valence-corrected chi connectivity index (χ1v) is 12.2. The Morgan fingerprint density at radius 3 is 2.39 bits per heavy atom. The average Bonchev–Trinajstić information content (AvgIpc) is 3.06. The molecule has 0 aliphatic rings. The number of carbonyl (C=O) groups is 2. The summed E-state index contributed by atoms with van der Waals surface area (Å²) in [6.07, 6.45) is 0.332. The maximum absolute atomic E-state index is 13.0. The number of fused-ring (bicyclic) bond motifs is 1. The quantitative estimate of drug-likeness (QED) is 0.493. The van der Waals surface area contributed by atoms with E-state index in [0.717, 1.165) is 15.2 Å². The van der Waals surface area contributed by atoms with E-state index < -0.39 is 22.0 Å². The largest absolute Gasteiger partial charge is 0.325 e. The highest BCUT2D eigenvalue weighted by atomic mass is 32.2. The normalized spacial score (nSPS) is 12.8. The topological polar surface area (TPSA) is 105 Å². The molecule has 0 fully saturated rings. The highest BCUT2D eigenvalue weighted by molar-refractivity contribution is 7.89. The summed E-state index contributed by atoms with van der Waals surface area (Å²) in [5.74, 6) is -0.441. The van der Waals surface area contributed by atoms with E-state index >= 15 is 0 Å². The number of rotatable bonds is 8. The number of sulfonamides is 1. The summed E-state index contributed by atoms with van der Waals surface area (Å²) in [5, 5.41) is 3.59. The summed E-state index contributed by atoms with van der Waals surface area (Å²) in [6, 6.07) is 10.3. The van der Waals surface area contributed by atoms with Crippen molar-refractivity contribution in [3.63, 3.8) is 0 Å². The van der Waals surface area contributed by atoms with Crippen molar-refractivity contribution >= 4 is 49.0 Å². The third kappa shape index (κ3) is 5.75. The first kappa shape index (κ1) is 23.1. The van der Waals surface area contributed by atoms with Gasteiger partial charge in [0, 0.05) is 11.3 Å². The van der Waals surface area contributed by atoms with Gasteiger partial charge in [-0.25, -0.2) is 13.4 Å². The van der Waals surface area contributed by atoms with Crippen LogP contribution in [0.2, 0.25) is 0 Å². The number of aromatic nitrogens is 1. The molecule has 1 aromatic heterocycles. The highest BCUT2D eigenvalue weighted by Gasteiger charge is 2.27. The van der Waals surface area contributed by atoms with Gasteiger partial charge in [-0.3, -0.25) is 9.59 Å². The molecule has 0 saturated carbocycles. The van der Waals surface area contributed by atoms with Crippen molar-refractivity contribution in [2.45, 2.75) is 45.1 Å². The van der Waals surface area contributed by atoms with Crippen LogP contribution in [0, 0.1) is 12.8 Å². The SMILES string of the molecule is CC(=O)c1ccc(NC(=O)[C@H](CC(C)C)NS(=O)(=O)c2ccc3nc(C)sc3c2)cc1. The smallest absolute Gasteiger partial charge is 0.242 e. The van der Waals surface area contributed by atoms with Crippen LogP contribution < -0.4 is 10.0 Å². The Kier molecular flexibility index (Phi) is 6.88. The zero-order chi connectivity index (χ0) is 22.8. The summed E-state index contributed by atoms with van der Waals surface area (Å²) >= 11 is 1.42. The average molecular weight is 460 g/mol. The molecule has 9 heteroatoms. The van der Waals surface area contributed by atoms with Crippen molar-refractivity contribution in [2.24, 2.45) is 5.92 Å². The lowest BCUT2D eigenvalue weighted by Gasteiger charge is -2.20. The second-order valence-electron chi connectivity index (χ2n) is 7.79. The van der Waals surface area contributed by atoms with E-state index in [1.807, 2.05) is 20.8 Å². The van der Waals surface area contributed by atoms with Gasteiger partial charge >= 0.3 is 0 Å². The Morgan fingerprint density at radius 1 is 1.10 bits per heavy atom. The van der Waals surface area contributed by atoms with Crippen LogP contribution in [-0.2, 0) is 14.8 Å². The molecular formula is C22H25N3O4S2. The van der Waals surface area contributed by atoms with Crippen molar-refractivity contribution in [1.29, 1.82) is 0 Å². The van der Waals surface area contributed by atoms with Crippen LogP contribution in [0.5, 0.6) is 0 Å². The standard InChI is InChI=1S/C22H25N3O4S2/c1-13(2)11-20(22(27)24-17-7-5-16(6-8-17)14(3)26)25-31(28,29)18-9-10-19-21(12-18)30-15(4)23-19/h5-10,12-13,20,25H,11H2,1-4H3,(H,24,27)/t20-/m0/s1. The van der Waals surface area contributed by atoms with E-state index in [2.05, 4.69) is 15.0 Å². The molecule has 0 spiro atoms. The number of benzene rings is 2. The van der Waals surface area contributed by atoms with Gasteiger partial charge < -0.3 is 5.32 Å². The number of nitrogens with one attached hydrogen (secondary N) is 2. The third-order valence-corrected chi connectivity index (χ3v) is 7.06. The lowest BCUT2D eigenvalue weighted by atomic mass is 10.0. The lowest BCUT2D eigenvalue weighted by molar-refractivity contribution is -0.118. The van der Waals surface area contributed by atoms with Crippen LogP contribution in [0.1, 0.15) is 42.6 Å². The van der Waals surface area contributed by atoms with E-state index in [1.165, 1.54) is 24.3 Å². The molecule has 1 heterocycles. The summed E-state index contributed by atoms with van der Waals surface area (Å²) in [6.45, 7) is 7.17. The minimum atomic E-state index is -3.92. The number of carbonyl (C=O) groups excluding carboxylic acids is 2. The Balaban J connectivity index is 1.81. The fourth-order valence-electron chi connectivity index (χ4n) is 3.14. The number of hydrogen-bond acceptors (Lipinski definition) is 6. The number of hydrogen-bond donors (Lipinski definition) is 2. The molecular weight excluding hydrogens is 434 g/mol. The van der Waals surface area contributed by atoms with Gasteiger partial charge in [0.05, 0.1) is 20.1 Å². The number of amides is 1. The van der Waals surface area contributed by atoms with Gasteiger partial charge in [0.2, 0.25) is 15.9 Å². The van der Waals surface area contributed by atoms with Crippen molar-refractivity contribution in [2.75, 3.05) is 5.32 Å². The minimum absolute atomic E-state index is 0.0728. The molecule has 0 bridgehead atoms. The molecule has 0 aliphatic carbocycles. The maximum Gasteiger partial charge on any atom is 0.242 e. The van der Waals surface area contributed by atoms with Gasteiger partial charge in [-0.05, 0) is 68.7 Å². The fraction of sp³-hybridized carbons (Fsp3) is 0.318. The highest BCUT2D eigenvalue weighted by Crippen LogP contribution is 2.25. The Hall–Kier alpha value is -2.62. The minimum Gasteiger partial charge on any atom is -0.325 e. The predicted molar refractivity (Wildman–Crippen MR) is 123 cm³/mol. The second-order valence-corrected chi connectivity index (χ2v) is 10.7. The summed E-state index contributed by atoms with van der Waals surface area (Å²) in [4.78, 5) is 28.7. The van der Waals surface area contributed by atoms with Gasteiger partial charge in [0.1, 0.15) is 6.04 Å². The second kappa shape index (κ2) is 9.25.